The quantitative estimate of drug-likeness (QED) is 0.899. The lowest BCUT2D eigenvalue weighted by Gasteiger charge is -2.30. The zero-order valence-corrected chi connectivity index (χ0v) is 13.2. The number of thioether (sulfide) groups is 1. The van der Waals surface area contributed by atoms with E-state index >= 15 is 0 Å². The van der Waals surface area contributed by atoms with Crippen molar-refractivity contribution in [2.24, 2.45) is 5.41 Å². The van der Waals surface area contributed by atoms with Gasteiger partial charge >= 0.3 is 0 Å². The molecular weight excluding hydrogens is 258 g/mol. The van der Waals surface area contributed by atoms with Gasteiger partial charge in [0.25, 0.3) is 0 Å². The van der Waals surface area contributed by atoms with Crippen LogP contribution in [0.15, 0.2) is 4.52 Å². The van der Waals surface area contributed by atoms with Crippen LogP contribution in [0.2, 0.25) is 0 Å². The first-order chi connectivity index (χ1) is 9.00. The Hall–Kier alpha value is -0.550. The van der Waals surface area contributed by atoms with Crippen LogP contribution >= 0.6 is 11.8 Å². The van der Waals surface area contributed by atoms with Gasteiger partial charge in [0.1, 0.15) is 0 Å². The summed E-state index contributed by atoms with van der Waals surface area (Å²) in [6, 6.07) is 0.363. The molecule has 5 heteroatoms. The van der Waals surface area contributed by atoms with E-state index in [1.54, 1.807) is 0 Å². The third-order valence-corrected chi connectivity index (χ3v) is 4.95. The third-order valence-electron chi connectivity index (χ3n) is 3.58. The average Bonchev–Trinajstić information content (AvgIpc) is 2.97. The van der Waals surface area contributed by atoms with Gasteiger partial charge in [0.05, 0.1) is 5.25 Å². The van der Waals surface area contributed by atoms with E-state index in [1.165, 1.54) is 18.6 Å². The van der Waals surface area contributed by atoms with E-state index in [0.717, 1.165) is 24.7 Å². The van der Waals surface area contributed by atoms with Gasteiger partial charge in [-0.25, -0.2) is 0 Å². The lowest BCUT2D eigenvalue weighted by molar-refractivity contribution is 0.247. The van der Waals surface area contributed by atoms with Gasteiger partial charge in [-0.15, -0.1) is 0 Å². The van der Waals surface area contributed by atoms with Gasteiger partial charge in [-0.2, -0.15) is 16.7 Å². The van der Waals surface area contributed by atoms with Crippen LogP contribution in [0.25, 0.3) is 0 Å². The van der Waals surface area contributed by atoms with Crippen LogP contribution in [0, 0.1) is 5.41 Å². The molecule has 1 aliphatic rings. The van der Waals surface area contributed by atoms with Gasteiger partial charge in [-0.1, -0.05) is 32.9 Å². The Morgan fingerprint density at radius 2 is 2.26 bits per heavy atom. The Labute approximate surface area is 120 Å². The van der Waals surface area contributed by atoms with E-state index in [9.17, 15) is 0 Å². The van der Waals surface area contributed by atoms with Gasteiger partial charge in [0, 0.05) is 12.5 Å². The van der Waals surface area contributed by atoms with E-state index < -0.39 is 0 Å². The first kappa shape index (κ1) is 14.9. The van der Waals surface area contributed by atoms with Crippen LogP contribution < -0.4 is 5.32 Å². The summed E-state index contributed by atoms with van der Waals surface area (Å²) in [5.41, 5.74) is 0.187. The third kappa shape index (κ3) is 3.96. The molecule has 0 amide bonds. The van der Waals surface area contributed by atoms with Crippen LogP contribution in [0.1, 0.15) is 57.5 Å². The summed E-state index contributed by atoms with van der Waals surface area (Å²) in [5.74, 6) is 2.88. The maximum atomic E-state index is 5.43. The topological polar surface area (TPSA) is 51.0 Å². The Morgan fingerprint density at radius 1 is 1.47 bits per heavy atom. The van der Waals surface area contributed by atoms with Crippen molar-refractivity contribution in [2.45, 2.75) is 58.2 Å². The number of hydrogen-bond acceptors (Lipinski definition) is 5. The minimum absolute atomic E-state index is 0.187. The van der Waals surface area contributed by atoms with Crippen molar-refractivity contribution in [2.75, 3.05) is 12.3 Å². The van der Waals surface area contributed by atoms with E-state index in [2.05, 4.69) is 43.2 Å². The Kier molecular flexibility index (Phi) is 4.90. The number of hydrogen-bond donors (Lipinski definition) is 1. The monoisotopic (exact) mass is 283 g/mol. The maximum Gasteiger partial charge on any atom is 0.228 e. The molecule has 1 fully saturated rings. The van der Waals surface area contributed by atoms with Crippen molar-refractivity contribution >= 4 is 11.8 Å². The lowest BCUT2D eigenvalue weighted by atomic mass is 9.84. The van der Waals surface area contributed by atoms with Crippen LogP contribution in [0.3, 0.4) is 0 Å². The number of nitrogens with zero attached hydrogens (tertiary/aromatic N) is 2. The first-order valence-electron chi connectivity index (χ1n) is 7.18. The van der Waals surface area contributed by atoms with Gasteiger partial charge < -0.3 is 9.84 Å². The highest BCUT2D eigenvalue weighted by molar-refractivity contribution is 7.99. The van der Waals surface area contributed by atoms with Crippen molar-refractivity contribution in [3.63, 3.8) is 0 Å². The number of likely N-dealkylation sites (N-methyl/N-ethyl adjacent to an activating group) is 1. The van der Waals surface area contributed by atoms with Gasteiger partial charge in [0.15, 0.2) is 5.82 Å². The molecule has 0 saturated carbocycles. The smallest absolute Gasteiger partial charge is 0.228 e. The first-order valence-corrected chi connectivity index (χ1v) is 8.23. The van der Waals surface area contributed by atoms with Gasteiger partial charge in [-0.05, 0) is 30.6 Å². The Balaban J connectivity index is 2.01. The predicted molar refractivity (Wildman–Crippen MR) is 79.4 cm³/mol. The second-order valence-electron chi connectivity index (χ2n) is 6.23. The molecule has 2 heterocycles. The fourth-order valence-electron chi connectivity index (χ4n) is 2.37. The molecule has 1 N–H and O–H groups in total. The molecule has 0 aromatic carbocycles. The molecule has 1 aromatic heterocycles. The molecule has 0 spiro atoms. The van der Waals surface area contributed by atoms with E-state index in [-0.39, 0.29) is 5.41 Å². The molecule has 19 heavy (non-hydrogen) atoms. The summed E-state index contributed by atoms with van der Waals surface area (Å²) in [4.78, 5) is 4.59. The maximum absolute atomic E-state index is 5.43. The summed E-state index contributed by atoms with van der Waals surface area (Å²) in [5, 5.41) is 8.12. The van der Waals surface area contributed by atoms with Crippen LogP contribution in [0.5, 0.6) is 0 Å². The molecule has 0 radical (unpaired) electrons. The second kappa shape index (κ2) is 6.27. The molecule has 108 valence electrons. The molecule has 0 bridgehead atoms. The van der Waals surface area contributed by atoms with Gasteiger partial charge in [-0.3, -0.25) is 0 Å². The molecule has 1 aliphatic heterocycles. The highest BCUT2D eigenvalue weighted by Crippen LogP contribution is 2.38. The molecule has 1 saturated heterocycles. The highest BCUT2D eigenvalue weighted by atomic mass is 32.2. The lowest BCUT2D eigenvalue weighted by Crippen LogP contribution is -2.41. The van der Waals surface area contributed by atoms with E-state index in [0.29, 0.717) is 11.3 Å². The SMILES string of the molecule is CCNC(Cc1nc(C2CCCS2)no1)C(C)(C)C. The standard InChI is InChI=1S/C14H25N3OS/c1-5-15-11(14(2,3)4)9-12-16-13(17-18-12)10-7-6-8-19-10/h10-11,15H,5-9H2,1-4H3. The molecule has 2 rings (SSSR count). The fourth-order valence-corrected chi connectivity index (χ4v) is 3.56. The number of aromatic nitrogens is 2. The van der Waals surface area contributed by atoms with Crippen molar-refractivity contribution in [3.05, 3.63) is 11.7 Å². The summed E-state index contributed by atoms with van der Waals surface area (Å²) in [7, 11) is 0. The molecular formula is C14H25N3OS. The van der Waals surface area contributed by atoms with E-state index in [4.69, 9.17) is 4.52 Å². The van der Waals surface area contributed by atoms with Crippen molar-refractivity contribution in [1.29, 1.82) is 0 Å². The van der Waals surface area contributed by atoms with Crippen molar-refractivity contribution in [3.8, 4) is 0 Å². The minimum Gasteiger partial charge on any atom is -0.339 e. The fraction of sp³-hybridized carbons (Fsp3) is 0.857. The number of rotatable bonds is 5. The second-order valence-corrected chi connectivity index (χ2v) is 7.54. The minimum atomic E-state index is 0.187. The van der Waals surface area contributed by atoms with Crippen LogP contribution in [-0.4, -0.2) is 28.5 Å². The zero-order valence-electron chi connectivity index (χ0n) is 12.4. The molecule has 0 aliphatic carbocycles. The Bertz CT molecular complexity index is 394. The van der Waals surface area contributed by atoms with Crippen molar-refractivity contribution < 1.29 is 4.52 Å². The number of nitrogens with one attached hydrogen (secondary N) is 1. The van der Waals surface area contributed by atoms with Crippen LogP contribution in [-0.2, 0) is 6.42 Å². The van der Waals surface area contributed by atoms with Crippen LogP contribution in [0.4, 0.5) is 0 Å². The van der Waals surface area contributed by atoms with Gasteiger partial charge in [0.2, 0.25) is 5.89 Å². The molecule has 2 atom stereocenters. The normalized spacial score (nSPS) is 21.8. The zero-order chi connectivity index (χ0) is 13.9. The molecule has 2 unspecified atom stereocenters. The average molecular weight is 283 g/mol. The largest absolute Gasteiger partial charge is 0.339 e. The van der Waals surface area contributed by atoms with Crippen molar-refractivity contribution in [1.82, 2.24) is 15.5 Å². The summed E-state index contributed by atoms with van der Waals surface area (Å²) >= 11 is 1.94. The summed E-state index contributed by atoms with van der Waals surface area (Å²) in [6.07, 6.45) is 3.25. The predicted octanol–water partition coefficient (Wildman–Crippen LogP) is 3.20. The molecule has 4 nitrogen and oxygen atoms in total. The molecule has 1 aromatic rings. The summed E-state index contributed by atoms with van der Waals surface area (Å²) < 4.78 is 5.43. The summed E-state index contributed by atoms with van der Waals surface area (Å²) in [6.45, 7) is 9.81. The Morgan fingerprint density at radius 3 is 2.84 bits per heavy atom. The van der Waals surface area contributed by atoms with E-state index in [1.807, 2.05) is 11.8 Å². The highest BCUT2D eigenvalue weighted by Gasteiger charge is 2.28.